The molecule has 0 unspecified atom stereocenters. The number of aromatic carboxylic acids is 1. The number of nitrogens with two attached hydrogens (primary N) is 1. The van der Waals surface area contributed by atoms with Gasteiger partial charge in [-0.1, -0.05) is 12.1 Å². The van der Waals surface area contributed by atoms with Crippen LogP contribution in [0.25, 0.3) is 0 Å². The van der Waals surface area contributed by atoms with Crippen molar-refractivity contribution < 1.29 is 19.4 Å². The molecule has 2 rings (SSSR count). The third-order valence-electron chi connectivity index (χ3n) is 2.61. The smallest absolute Gasteiger partial charge is 0.339 e. The Balaban J connectivity index is 1.96. The molecule has 7 nitrogen and oxygen atoms in total. The molecule has 20 heavy (non-hydrogen) atoms. The van der Waals surface area contributed by atoms with Crippen molar-refractivity contribution in [2.24, 2.45) is 5.73 Å². The van der Waals surface area contributed by atoms with Crippen molar-refractivity contribution in [1.29, 1.82) is 0 Å². The van der Waals surface area contributed by atoms with Crippen LogP contribution in [-0.4, -0.2) is 33.4 Å². The Morgan fingerprint density at radius 2 is 2.10 bits per heavy atom. The summed E-state index contributed by atoms with van der Waals surface area (Å²) in [5.74, 6) is -1.30. The Morgan fingerprint density at radius 3 is 2.75 bits per heavy atom. The summed E-state index contributed by atoms with van der Waals surface area (Å²) in [5.41, 5.74) is 5.53. The largest absolute Gasteiger partial charge is 0.491 e. The Bertz CT molecular complexity index is 636. The van der Waals surface area contributed by atoms with E-state index in [0.29, 0.717) is 17.9 Å². The number of hydrogen-bond donors (Lipinski definition) is 2. The van der Waals surface area contributed by atoms with Gasteiger partial charge in [-0.05, 0) is 12.1 Å². The van der Waals surface area contributed by atoms with Gasteiger partial charge in [-0.3, -0.25) is 9.48 Å². The molecule has 0 bridgehead atoms. The van der Waals surface area contributed by atoms with Gasteiger partial charge in [-0.25, -0.2) is 4.79 Å². The number of para-hydroxylation sites is 1. The van der Waals surface area contributed by atoms with Gasteiger partial charge in [-0.2, -0.15) is 5.10 Å². The quantitative estimate of drug-likeness (QED) is 0.809. The maximum Gasteiger partial charge on any atom is 0.339 e. The molecule has 1 aromatic carbocycles. The summed E-state index contributed by atoms with van der Waals surface area (Å²) < 4.78 is 6.92. The maximum atomic E-state index is 11.0. The molecule has 1 aromatic heterocycles. The van der Waals surface area contributed by atoms with Gasteiger partial charge in [0.25, 0.3) is 5.91 Å². The normalized spacial score (nSPS) is 10.2. The number of carboxylic acids is 1. The fourth-order valence-corrected chi connectivity index (χ4v) is 1.63. The van der Waals surface area contributed by atoms with Crippen LogP contribution in [0, 0.1) is 0 Å². The van der Waals surface area contributed by atoms with Crippen molar-refractivity contribution in [3.63, 3.8) is 0 Å². The molecule has 0 spiro atoms. The molecule has 0 saturated carbocycles. The highest BCUT2D eigenvalue weighted by atomic mass is 16.5. The molecule has 0 radical (unpaired) electrons. The molecule has 0 aliphatic carbocycles. The topological polar surface area (TPSA) is 107 Å². The first-order valence-corrected chi connectivity index (χ1v) is 5.85. The summed E-state index contributed by atoms with van der Waals surface area (Å²) in [7, 11) is 0. The van der Waals surface area contributed by atoms with E-state index in [1.807, 2.05) is 0 Å². The van der Waals surface area contributed by atoms with Crippen LogP contribution in [0.4, 0.5) is 0 Å². The Hall–Kier alpha value is -2.83. The van der Waals surface area contributed by atoms with Gasteiger partial charge in [-0.15, -0.1) is 0 Å². The number of carbonyl (C=O) groups excluding carboxylic acids is 1. The number of nitrogens with zero attached hydrogens (tertiary/aromatic N) is 2. The standard InChI is InChI=1S/C13H13N3O4/c14-12(17)9-7-15-16(8-9)5-6-20-11-4-2-1-3-10(11)13(18)19/h1-4,7-8H,5-6H2,(H2,14,17)(H,18,19). The van der Waals surface area contributed by atoms with Crippen molar-refractivity contribution in [2.45, 2.75) is 6.54 Å². The number of carbonyl (C=O) groups is 2. The van der Waals surface area contributed by atoms with Crippen molar-refractivity contribution in [1.82, 2.24) is 9.78 Å². The van der Waals surface area contributed by atoms with Gasteiger partial charge in [0, 0.05) is 6.20 Å². The van der Waals surface area contributed by atoms with Crippen LogP contribution in [0.3, 0.4) is 0 Å². The van der Waals surface area contributed by atoms with Crippen molar-refractivity contribution in [2.75, 3.05) is 6.61 Å². The van der Waals surface area contributed by atoms with E-state index >= 15 is 0 Å². The van der Waals surface area contributed by atoms with E-state index in [0.717, 1.165) is 0 Å². The van der Waals surface area contributed by atoms with Gasteiger partial charge in [0.15, 0.2) is 0 Å². The van der Waals surface area contributed by atoms with Crippen LogP contribution in [0.2, 0.25) is 0 Å². The molecule has 1 amide bonds. The SMILES string of the molecule is NC(=O)c1cnn(CCOc2ccccc2C(=O)O)c1. The first kappa shape index (κ1) is 13.6. The zero-order chi connectivity index (χ0) is 14.5. The number of carboxylic acid groups (broad SMARTS) is 1. The van der Waals surface area contributed by atoms with E-state index in [2.05, 4.69) is 5.10 Å². The van der Waals surface area contributed by atoms with Crippen LogP contribution in [0.1, 0.15) is 20.7 Å². The Labute approximate surface area is 114 Å². The molecular formula is C13H13N3O4. The fraction of sp³-hybridized carbons (Fsp3) is 0.154. The fourth-order valence-electron chi connectivity index (χ4n) is 1.63. The first-order chi connectivity index (χ1) is 9.58. The highest BCUT2D eigenvalue weighted by Crippen LogP contribution is 2.17. The number of ether oxygens (including phenoxy) is 1. The number of primary amides is 1. The van der Waals surface area contributed by atoms with Crippen LogP contribution in [0.5, 0.6) is 5.75 Å². The number of amides is 1. The summed E-state index contributed by atoms with van der Waals surface area (Å²) in [6, 6.07) is 6.38. The van der Waals surface area contributed by atoms with Gasteiger partial charge < -0.3 is 15.6 Å². The maximum absolute atomic E-state index is 11.0. The van der Waals surface area contributed by atoms with Gasteiger partial charge in [0.05, 0.1) is 18.3 Å². The molecule has 0 atom stereocenters. The van der Waals surface area contributed by atoms with Crippen LogP contribution >= 0.6 is 0 Å². The summed E-state index contributed by atoms with van der Waals surface area (Å²) >= 11 is 0. The highest BCUT2D eigenvalue weighted by molar-refractivity contribution is 5.92. The Kier molecular flexibility index (Phi) is 3.99. The van der Waals surface area contributed by atoms with Gasteiger partial charge >= 0.3 is 5.97 Å². The van der Waals surface area contributed by atoms with E-state index < -0.39 is 11.9 Å². The van der Waals surface area contributed by atoms with Crippen molar-refractivity contribution in [3.8, 4) is 5.75 Å². The minimum Gasteiger partial charge on any atom is -0.491 e. The van der Waals surface area contributed by atoms with Crippen molar-refractivity contribution >= 4 is 11.9 Å². The van der Waals surface area contributed by atoms with E-state index in [1.54, 1.807) is 18.2 Å². The summed E-state index contributed by atoms with van der Waals surface area (Å²) in [5, 5.41) is 12.9. The highest BCUT2D eigenvalue weighted by Gasteiger charge is 2.10. The predicted octanol–water partition coefficient (Wildman–Crippen LogP) is 0.759. The molecule has 2 aromatic rings. The minimum absolute atomic E-state index is 0.103. The third-order valence-corrected chi connectivity index (χ3v) is 2.61. The lowest BCUT2D eigenvalue weighted by Gasteiger charge is -2.08. The number of rotatable bonds is 6. The summed E-state index contributed by atoms with van der Waals surface area (Å²) in [4.78, 5) is 21.9. The van der Waals surface area contributed by atoms with Crippen molar-refractivity contribution in [3.05, 3.63) is 47.8 Å². The zero-order valence-corrected chi connectivity index (χ0v) is 10.5. The molecule has 1 heterocycles. The van der Waals surface area contributed by atoms with Gasteiger partial charge in [0.1, 0.15) is 17.9 Å². The van der Waals surface area contributed by atoms with E-state index in [1.165, 1.54) is 23.1 Å². The van der Waals surface area contributed by atoms with Crippen LogP contribution in [0.15, 0.2) is 36.7 Å². The molecule has 104 valence electrons. The lowest BCUT2D eigenvalue weighted by molar-refractivity contribution is 0.0691. The first-order valence-electron chi connectivity index (χ1n) is 5.85. The Morgan fingerprint density at radius 1 is 1.35 bits per heavy atom. The second-order valence-electron chi connectivity index (χ2n) is 4.01. The second-order valence-corrected chi connectivity index (χ2v) is 4.01. The summed E-state index contributed by atoms with van der Waals surface area (Å²) in [6.07, 6.45) is 2.88. The number of hydrogen-bond acceptors (Lipinski definition) is 4. The molecule has 3 N–H and O–H groups in total. The number of aromatic nitrogens is 2. The predicted molar refractivity (Wildman–Crippen MR) is 69.6 cm³/mol. The van der Waals surface area contributed by atoms with Gasteiger partial charge in [0.2, 0.25) is 0 Å². The van der Waals surface area contributed by atoms with E-state index in [-0.39, 0.29) is 12.2 Å². The molecular weight excluding hydrogens is 262 g/mol. The minimum atomic E-state index is -1.05. The zero-order valence-electron chi connectivity index (χ0n) is 10.5. The average Bonchev–Trinajstić information content (AvgIpc) is 2.88. The molecule has 0 aliphatic rings. The number of benzene rings is 1. The second kappa shape index (κ2) is 5.87. The van der Waals surface area contributed by atoms with E-state index in [4.69, 9.17) is 15.6 Å². The third kappa shape index (κ3) is 3.14. The monoisotopic (exact) mass is 275 g/mol. The lowest BCUT2D eigenvalue weighted by Crippen LogP contribution is -2.12. The summed E-state index contributed by atoms with van der Waals surface area (Å²) in [6.45, 7) is 0.603. The lowest BCUT2D eigenvalue weighted by atomic mass is 10.2. The van der Waals surface area contributed by atoms with Crippen LogP contribution < -0.4 is 10.5 Å². The van der Waals surface area contributed by atoms with E-state index in [9.17, 15) is 9.59 Å². The molecule has 0 saturated heterocycles. The molecule has 0 fully saturated rings. The molecule has 0 aliphatic heterocycles. The van der Waals surface area contributed by atoms with Crippen LogP contribution in [-0.2, 0) is 6.54 Å². The molecule has 7 heteroatoms. The average molecular weight is 275 g/mol.